The molecule has 0 unspecified atom stereocenters. The van der Waals surface area contributed by atoms with Crippen LogP contribution in [0.4, 0.5) is 0 Å². The van der Waals surface area contributed by atoms with Crippen LogP contribution in [0.25, 0.3) is 0 Å². The summed E-state index contributed by atoms with van der Waals surface area (Å²) in [6, 6.07) is 6.50. The Kier molecular flexibility index (Phi) is 10.1. The first kappa shape index (κ1) is 28.8. The number of nitrogens with zero attached hydrogens (tertiary/aromatic N) is 2. The van der Waals surface area contributed by atoms with Crippen molar-refractivity contribution in [3.63, 3.8) is 0 Å². The Morgan fingerprint density at radius 3 is 1.97 bits per heavy atom. The van der Waals surface area contributed by atoms with Crippen molar-refractivity contribution in [2.75, 3.05) is 46.2 Å². The van der Waals surface area contributed by atoms with Gasteiger partial charge in [-0.2, -0.15) is 13.5 Å². The van der Waals surface area contributed by atoms with E-state index in [-0.39, 0.29) is 29.3 Å². The van der Waals surface area contributed by atoms with Crippen LogP contribution in [0.5, 0.6) is 0 Å². The molecule has 1 aromatic carbocycles. The molecule has 0 bridgehead atoms. The van der Waals surface area contributed by atoms with Crippen molar-refractivity contribution in [2.24, 2.45) is 0 Å². The summed E-state index contributed by atoms with van der Waals surface area (Å²) in [7, 11) is -4.19. The van der Waals surface area contributed by atoms with E-state index in [0.29, 0.717) is 39.6 Å². The molecule has 36 heavy (non-hydrogen) atoms. The average molecular weight is 524 g/mol. The number of ether oxygens (including phenoxy) is 3. The van der Waals surface area contributed by atoms with Gasteiger partial charge in [-0.3, -0.25) is 8.86 Å². The summed E-state index contributed by atoms with van der Waals surface area (Å²) >= 11 is 0. The highest BCUT2D eigenvalue weighted by atomic mass is 32.2. The molecule has 10 nitrogen and oxygen atoms in total. The quantitative estimate of drug-likeness (QED) is 0.196. The first-order valence-corrected chi connectivity index (χ1v) is 13.5. The summed E-state index contributed by atoms with van der Waals surface area (Å²) in [5, 5.41) is 4.36. The number of rotatable bonds is 15. The topological polar surface area (TPSA) is 107 Å². The molecule has 1 aliphatic heterocycles. The van der Waals surface area contributed by atoms with E-state index in [2.05, 4.69) is 5.10 Å². The second-order valence-electron chi connectivity index (χ2n) is 9.55. The molecular formula is C24H37BN2O8S. The summed E-state index contributed by atoms with van der Waals surface area (Å²) in [5.41, 5.74) is 1.09. The Hall–Kier alpha value is -1.80. The first-order chi connectivity index (χ1) is 17.0. The van der Waals surface area contributed by atoms with Crippen molar-refractivity contribution < 1.29 is 36.1 Å². The van der Waals surface area contributed by atoms with E-state index in [9.17, 15) is 8.42 Å². The van der Waals surface area contributed by atoms with Gasteiger partial charge < -0.3 is 23.5 Å². The van der Waals surface area contributed by atoms with Gasteiger partial charge in [0.1, 0.15) is 0 Å². The lowest BCUT2D eigenvalue weighted by Gasteiger charge is -2.32. The van der Waals surface area contributed by atoms with Gasteiger partial charge >= 0.3 is 7.12 Å². The van der Waals surface area contributed by atoms with E-state index >= 15 is 0 Å². The molecule has 2 aromatic rings. The standard InChI is InChI=1S/C24H37BN2O8S/c1-20-6-8-22(9-7-20)36(28,29)33-17-16-32-15-14-31-13-12-30-11-10-27-19-21(18-26-27)25-34-23(2,3)24(4,5)35-25/h6-9,18-19H,10-17H2,1-5H3. The highest BCUT2D eigenvalue weighted by Gasteiger charge is 2.52. The van der Waals surface area contributed by atoms with Crippen LogP contribution >= 0.6 is 0 Å². The third-order valence-electron chi connectivity index (χ3n) is 6.16. The lowest BCUT2D eigenvalue weighted by Crippen LogP contribution is -2.41. The molecule has 0 saturated carbocycles. The van der Waals surface area contributed by atoms with Gasteiger partial charge in [0.2, 0.25) is 0 Å². The van der Waals surface area contributed by atoms with Crippen molar-refractivity contribution >= 4 is 22.7 Å². The highest BCUT2D eigenvalue weighted by molar-refractivity contribution is 7.86. The Balaban J connectivity index is 1.18. The maximum atomic E-state index is 12.1. The molecule has 0 spiro atoms. The average Bonchev–Trinajstić information content (AvgIpc) is 3.36. The Morgan fingerprint density at radius 1 is 0.861 bits per heavy atom. The monoisotopic (exact) mass is 524 g/mol. The maximum absolute atomic E-state index is 12.1. The second-order valence-corrected chi connectivity index (χ2v) is 11.2. The number of aryl methyl sites for hydroxylation is 1. The summed E-state index contributed by atoms with van der Waals surface area (Å²) in [4.78, 5) is 0.134. The van der Waals surface area contributed by atoms with E-state index in [1.54, 1.807) is 23.0 Å². The SMILES string of the molecule is Cc1ccc(S(=O)(=O)OCCOCCOCCOCCn2cc(B3OC(C)(C)C(C)(C)O3)cn2)cc1. The highest BCUT2D eigenvalue weighted by Crippen LogP contribution is 2.36. The van der Waals surface area contributed by atoms with Crippen molar-refractivity contribution in [3.8, 4) is 0 Å². The first-order valence-electron chi connectivity index (χ1n) is 12.1. The molecule has 0 amide bonds. The van der Waals surface area contributed by atoms with Crippen LogP contribution in [0.15, 0.2) is 41.6 Å². The largest absolute Gasteiger partial charge is 0.498 e. The zero-order chi connectivity index (χ0) is 26.2. The van der Waals surface area contributed by atoms with Gasteiger partial charge in [0, 0.05) is 17.9 Å². The van der Waals surface area contributed by atoms with Gasteiger partial charge in [0.05, 0.1) is 68.9 Å². The third kappa shape index (κ3) is 8.10. The zero-order valence-corrected chi connectivity index (χ0v) is 22.6. The Labute approximate surface area is 214 Å². The van der Waals surface area contributed by atoms with Gasteiger partial charge in [-0.05, 0) is 46.8 Å². The fraction of sp³-hybridized carbons (Fsp3) is 0.625. The van der Waals surface area contributed by atoms with E-state index in [1.807, 2.05) is 40.8 Å². The number of benzene rings is 1. The van der Waals surface area contributed by atoms with Crippen molar-refractivity contribution in [3.05, 3.63) is 42.2 Å². The molecule has 1 aliphatic rings. The lowest BCUT2D eigenvalue weighted by atomic mass is 9.82. The number of aromatic nitrogens is 2. The van der Waals surface area contributed by atoms with Crippen LogP contribution in [-0.2, 0) is 44.4 Å². The van der Waals surface area contributed by atoms with Gasteiger partial charge in [-0.25, -0.2) is 0 Å². The predicted molar refractivity (Wildman–Crippen MR) is 135 cm³/mol. The molecule has 200 valence electrons. The van der Waals surface area contributed by atoms with Gasteiger partial charge in [0.25, 0.3) is 10.1 Å². The number of hydrogen-bond acceptors (Lipinski definition) is 9. The molecular weight excluding hydrogens is 487 g/mol. The molecule has 2 heterocycles. The smallest absolute Gasteiger partial charge is 0.399 e. The molecule has 12 heteroatoms. The number of hydrogen-bond donors (Lipinski definition) is 0. The summed E-state index contributed by atoms with van der Waals surface area (Å²) in [6.45, 7) is 12.8. The minimum atomic E-state index is -3.77. The maximum Gasteiger partial charge on any atom is 0.498 e. The molecule has 0 radical (unpaired) electrons. The van der Waals surface area contributed by atoms with Crippen molar-refractivity contribution in [1.29, 1.82) is 0 Å². The van der Waals surface area contributed by atoms with Gasteiger partial charge in [-0.15, -0.1) is 0 Å². The van der Waals surface area contributed by atoms with Crippen LogP contribution in [-0.4, -0.2) is 82.8 Å². The van der Waals surface area contributed by atoms with Crippen LogP contribution in [0.1, 0.15) is 33.3 Å². The molecule has 0 N–H and O–H groups in total. The van der Waals surface area contributed by atoms with Crippen molar-refractivity contribution in [1.82, 2.24) is 9.78 Å². The molecule has 1 saturated heterocycles. The van der Waals surface area contributed by atoms with E-state index in [0.717, 1.165) is 11.0 Å². The van der Waals surface area contributed by atoms with Crippen LogP contribution in [0.3, 0.4) is 0 Å². The third-order valence-corrected chi connectivity index (χ3v) is 7.49. The summed E-state index contributed by atoms with van der Waals surface area (Å²) in [6.07, 6.45) is 3.67. The molecule has 0 aliphatic carbocycles. The van der Waals surface area contributed by atoms with E-state index in [4.69, 9.17) is 27.7 Å². The second kappa shape index (κ2) is 12.6. The summed E-state index contributed by atoms with van der Waals surface area (Å²) in [5.74, 6) is 0. The van der Waals surface area contributed by atoms with E-state index in [1.165, 1.54) is 12.1 Å². The Morgan fingerprint density at radius 2 is 1.39 bits per heavy atom. The minimum absolute atomic E-state index is 0.0526. The molecule has 1 aromatic heterocycles. The normalized spacial score (nSPS) is 17.1. The van der Waals surface area contributed by atoms with E-state index < -0.39 is 17.2 Å². The van der Waals surface area contributed by atoms with Crippen molar-refractivity contribution in [2.45, 2.75) is 57.3 Å². The summed E-state index contributed by atoms with van der Waals surface area (Å²) < 4.78 is 59.4. The molecule has 0 atom stereocenters. The Bertz CT molecular complexity index is 1040. The van der Waals surface area contributed by atoms with Crippen LogP contribution in [0.2, 0.25) is 0 Å². The van der Waals surface area contributed by atoms with Crippen LogP contribution < -0.4 is 5.46 Å². The molecule has 3 rings (SSSR count). The van der Waals surface area contributed by atoms with Gasteiger partial charge in [-0.1, -0.05) is 17.7 Å². The zero-order valence-electron chi connectivity index (χ0n) is 21.8. The fourth-order valence-electron chi connectivity index (χ4n) is 3.28. The van der Waals surface area contributed by atoms with Crippen LogP contribution in [0, 0.1) is 6.92 Å². The predicted octanol–water partition coefficient (Wildman–Crippen LogP) is 1.95. The molecule has 1 fully saturated rings. The minimum Gasteiger partial charge on any atom is -0.399 e. The fourth-order valence-corrected chi connectivity index (χ4v) is 4.17. The lowest BCUT2D eigenvalue weighted by molar-refractivity contribution is 0.00578. The van der Waals surface area contributed by atoms with Gasteiger partial charge in [0.15, 0.2) is 0 Å².